The van der Waals surface area contributed by atoms with Crippen molar-refractivity contribution in [2.75, 3.05) is 6.61 Å². The topological polar surface area (TPSA) is 21.3 Å². The maximum Gasteiger partial charge on any atom is 0.119 e. The zero-order chi connectivity index (χ0) is 12.8. The lowest BCUT2D eigenvalue weighted by Crippen LogP contribution is -2.36. The zero-order valence-electron chi connectivity index (χ0n) is 11.7. The molecule has 0 aliphatic rings. The van der Waals surface area contributed by atoms with Gasteiger partial charge >= 0.3 is 0 Å². The lowest BCUT2D eigenvalue weighted by molar-refractivity contribution is 0.339. The van der Waals surface area contributed by atoms with E-state index < -0.39 is 0 Å². The van der Waals surface area contributed by atoms with Gasteiger partial charge in [-0.05, 0) is 37.5 Å². The number of ether oxygens (including phenoxy) is 1. The van der Waals surface area contributed by atoms with Gasteiger partial charge in [0.1, 0.15) is 5.75 Å². The summed E-state index contributed by atoms with van der Waals surface area (Å²) in [6, 6.07) is 9.38. The highest BCUT2D eigenvalue weighted by atomic mass is 16.5. The van der Waals surface area contributed by atoms with Crippen LogP contribution in [0.1, 0.15) is 46.1 Å². The first-order valence-corrected chi connectivity index (χ1v) is 6.53. The molecule has 1 N–H and O–H groups in total. The average molecular weight is 235 g/mol. The number of benzene rings is 1. The lowest BCUT2D eigenvalue weighted by atomic mass is 9.94. The second-order valence-corrected chi connectivity index (χ2v) is 4.90. The van der Waals surface area contributed by atoms with Gasteiger partial charge in [0.2, 0.25) is 0 Å². The molecule has 0 amide bonds. The summed E-state index contributed by atoms with van der Waals surface area (Å²) in [5.41, 5.74) is 1.33. The van der Waals surface area contributed by atoms with Crippen LogP contribution in [0, 0.1) is 0 Å². The molecule has 1 aromatic carbocycles. The van der Waals surface area contributed by atoms with Crippen molar-refractivity contribution in [2.45, 2.75) is 52.6 Å². The van der Waals surface area contributed by atoms with E-state index in [1.807, 2.05) is 13.0 Å². The molecule has 17 heavy (non-hydrogen) atoms. The van der Waals surface area contributed by atoms with Crippen LogP contribution >= 0.6 is 0 Å². The summed E-state index contributed by atoms with van der Waals surface area (Å²) in [6.45, 7) is 11.6. The molecular formula is C15H25NO. The maximum absolute atomic E-state index is 5.54. The van der Waals surface area contributed by atoms with E-state index in [0.717, 1.165) is 12.4 Å². The Morgan fingerprint density at radius 3 is 2.47 bits per heavy atom. The summed E-state index contributed by atoms with van der Waals surface area (Å²) in [7, 11) is 0. The molecule has 0 bridgehead atoms. The van der Waals surface area contributed by atoms with E-state index >= 15 is 0 Å². The smallest absolute Gasteiger partial charge is 0.119 e. The highest BCUT2D eigenvalue weighted by Gasteiger charge is 2.15. The first-order chi connectivity index (χ1) is 8.04. The minimum absolute atomic E-state index is 0.465. The summed E-state index contributed by atoms with van der Waals surface area (Å²) in [5.74, 6) is 1.45. The van der Waals surface area contributed by atoms with Crippen LogP contribution in [-0.4, -0.2) is 18.7 Å². The van der Waals surface area contributed by atoms with E-state index in [-0.39, 0.29) is 0 Å². The Bertz CT molecular complexity index is 335. The largest absolute Gasteiger partial charge is 0.494 e. The molecule has 0 aliphatic carbocycles. The summed E-state index contributed by atoms with van der Waals surface area (Å²) < 4.78 is 5.54. The molecule has 2 unspecified atom stereocenters. The first kappa shape index (κ1) is 14.0. The van der Waals surface area contributed by atoms with Crippen molar-refractivity contribution < 1.29 is 4.74 Å². The average Bonchev–Trinajstić information content (AvgIpc) is 2.28. The number of hydrogen-bond acceptors (Lipinski definition) is 2. The molecule has 1 aromatic rings. The number of hydrogen-bond donors (Lipinski definition) is 1. The van der Waals surface area contributed by atoms with Gasteiger partial charge in [0, 0.05) is 12.1 Å². The van der Waals surface area contributed by atoms with Crippen LogP contribution in [0.25, 0.3) is 0 Å². The van der Waals surface area contributed by atoms with Crippen molar-refractivity contribution in [3.63, 3.8) is 0 Å². The molecule has 0 radical (unpaired) electrons. The van der Waals surface area contributed by atoms with E-state index in [1.165, 1.54) is 5.56 Å². The van der Waals surface area contributed by atoms with E-state index in [0.29, 0.717) is 18.0 Å². The summed E-state index contributed by atoms with van der Waals surface area (Å²) in [6.07, 6.45) is 0. The van der Waals surface area contributed by atoms with Gasteiger partial charge in [0.15, 0.2) is 0 Å². The van der Waals surface area contributed by atoms with Crippen LogP contribution < -0.4 is 10.1 Å². The predicted octanol–water partition coefficient (Wildman–Crippen LogP) is 3.58. The molecule has 0 aromatic heterocycles. The fraction of sp³-hybridized carbons (Fsp3) is 0.600. The number of nitrogens with one attached hydrogen (secondary N) is 1. The van der Waals surface area contributed by atoms with Crippen LogP contribution in [0.15, 0.2) is 24.3 Å². The van der Waals surface area contributed by atoms with Gasteiger partial charge in [-0.2, -0.15) is 0 Å². The van der Waals surface area contributed by atoms with Gasteiger partial charge in [0.05, 0.1) is 6.61 Å². The Morgan fingerprint density at radius 2 is 1.88 bits per heavy atom. The van der Waals surface area contributed by atoms with Crippen LogP contribution in [0.3, 0.4) is 0 Å². The van der Waals surface area contributed by atoms with Crippen LogP contribution in [-0.2, 0) is 0 Å². The van der Waals surface area contributed by atoms with E-state index in [9.17, 15) is 0 Å². The molecule has 2 nitrogen and oxygen atoms in total. The second kappa shape index (κ2) is 6.65. The highest BCUT2D eigenvalue weighted by molar-refractivity contribution is 5.31. The zero-order valence-corrected chi connectivity index (χ0v) is 11.7. The quantitative estimate of drug-likeness (QED) is 0.814. The molecule has 0 aliphatic heterocycles. The summed E-state index contributed by atoms with van der Waals surface area (Å²) in [5, 5.41) is 3.55. The Morgan fingerprint density at radius 1 is 1.18 bits per heavy atom. The van der Waals surface area contributed by atoms with Crippen LogP contribution in [0.2, 0.25) is 0 Å². The van der Waals surface area contributed by atoms with Gasteiger partial charge in [-0.1, -0.05) is 32.9 Å². The summed E-state index contributed by atoms with van der Waals surface area (Å²) in [4.78, 5) is 0. The third-order valence-corrected chi connectivity index (χ3v) is 3.04. The van der Waals surface area contributed by atoms with Crippen molar-refractivity contribution in [3.05, 3.63) is 29.8 Å². The maximum atomic E-state index is 5.54. The van der Waals surface area contributed by atoms with Crippen LogP contribution in [0.4, 0.5) is 0 Å². The SMILES string of the molecule is CCOc1cccc(C(C)C(C)NC(C)C)c1. The van der Waals surface area contributed by atoms with Gasteiger partial charge in [-0.15, -0.1) is 0 Å². The van der Waals surface area contributed by atoms with Crippen molar-refractivity contribution in [1.82, 2.24) is 5.32 Å². The molecular weight excluding hydrogens is 210 g/mol. The number of rotatable bonds is 6. The standard InChI is InChI=1S/C15H25NO/c1-6-17-15-9-7-8-14(10-15)12(4)13(5)16-11(2)3/h7-13,16H,6H2,1-5H3. The Kier molecular flexibility index (Phi) is 5.49. The fourth-order valence-electron chi connectivity index (χ4n) is 2.01. The Hall–Kier alpha value is -1.02. The summed E-state index contributed by atoms with van der Waals surface area (Å²) >= 11 is 0. The molecule has 0 spiro atoms. The van der Waals surface area contributed by atoms with Crippen molar-refractivity contribution in [1.29, 1.82) is 0 Å². The Balaban J connectivity index is 2.73. The van der Waals surface area contributed by atoms with E-state index in [2.05, 4.69) is 51.2 Å². The second-order valence-electron chi connectivity index (χ2n) is 4.90. The molecule has 2 atom stereocenters. The fourth-order valence-corrected chi connectivity index (χ4v) is 2.01. The van der Waals surface area contributed by atoms with E-state index in [1.54, 1.807) is 0 Å². The normalized spacial score (nSPS) is 14.7. The van der Waals surface area contributed by atoms with Gasteiger partial charge < -0.3 is 10.1 Å². The molecule has 96 valence electrons. The minimum Gasteiger partial charge on any atom is -0.494 e. The van der Waals surface area contributed by atoms with Crippen LogP contribution in [0.5, 0.6) is 5.75 Å². The first-order valence-electron chi connectivity index (χ1n) is 6.53. The molecule has 0 heterocycles. The minimum atomic E-state index is 0.465. The van der Waals surface area contributed by atoms with Crippen molar-refractivity contribution in [2.24, 2.45) is 0 Å². The van der Waals surface area contributed by atoms with Crippen molar-refractivity contribution >= 4 is 0 Å². The third kappa shape index (κ3) is 4.39. The monoisotopic (exact) mass is 235 g/mol. The molecule has 0 saturated heterocycles. The molecule has 0 saturated carbocycles. The highest BCUT2D eigenvalue weighted by Crippen LogP contribution is 2.23. The molecule has 0 fully saturated rings. The lowest BCUT2D eigenvalue weighted by Gasteiger charge is -2.24. The van der Waals surface area contributed by atoms with E-state index in [4.69, 9.17) is 4.74 Å². The third-order valence-electron chi connectivity index (χ3n) is 3.04. The van der Waals surface area contributed by atoms with Gasteiger partial charge in [-0.25, -0.2) is 0 Å². The van der Waals surface area contributed by atoms with Gasteiger partial charge in [-0.3, -0.25) is 0 Å². The van der Waals surface area contributed by atoms with Gasteiger partial charge in [0.25, 0.3) is 0 Å². The molecule has 1 rings (SSSR count). The Labute approximate surface area is 105 Å². The van der Waals surface area contributed by atoms with Crippen molar-refractivity contribution in [3.8, 4) is 5.75 Å². The predicted molar refractivity (Wildman–Crippen MR) is 73.8 cm³/mol. The molecule has 2 heteroatoms.